The minimum atomic E-state index is -3.79. The van der Waals surface area contributed by atoms with Gasteiger partial charge in [0.15, 0.2) is 0 Å². The molecule has 1 N–H and O–H groups in total. The van der Waals surface area contributed by atoms with Crippen LogP contribution in [0.2, 0.25) is 0 Å². The van der Waals surface area contributed by atoms with Crippen LogP contribution in [0, 0.1) is 13.7 Å². The Labute approximate surface area is 240 Å². The number of para-hydroxylation sites is 2. The molecule has 1 fully saturated rings. The number of likely N-dealkylation sites (tertiary alicyclic amines) is 1. The lowest BCUT2D eigenvalue weighted by molar-refractivity contribution is -0.384. The molecule has 39 heavy (non-hydrogen) atoms. The van der Waals surface area contributed by atoms with E-state index in [-0.39, 0.29) is 28.8 Å². The number of rotatable bonds is 7. The molecule has 0 radical (unpaired) electrons. The van der Waals surface area contributed by atoms with Crippen LogP contribution in [-0.2, 0) is 22.0 Å². The number of hydrogen-bond acceptors (Lipinski definition) is 6. The molecule has 0 aliphatic carbocycles. The largest absolute Gasteiger partial charge is 0.366 e. The van der Waals surface area contributed by atoms with Crippen molar-refractivity contribution < 1.29 is 13.3 Å². The summed E-state index contributed by atoms with van der Waals surface area (Å²) >= 11 is 2.39. The number of benzene rings is 3. The molecule has 6 rings (SSSR count). The summed E-state index contributed by atoms with van der Waals surface area (Å²) < 4.78 is 31.3. The van der Waals surface area contributed by atoms with Gasteiger partial charge in [0.05, 0.1) is 15.5 Å². The fraction of sp³-hybridized carbons (Fsp3) is 0.286. The Morgan fingerprint density at radius 1 is 1.13 bits per heavy atom. The second-order valence-corrected chi connectivity index (χ2v) is 13.4. The molecule has 2 atom stereocenters. The minimum absolute atomic E-state index is 0.0389. The van der Waals surface area contributed by atoms with E-state index in [1.54, 1.807) is 7.05 Å². The number of fused-ring (bicyclic) bond motifs is 4. The van der Waals surface area contributed by atoms with Gasteiger partial charge in [-0.15, -0.1) is 0 Å². The van der Waals surface area contributed by atoms with Crippen LogP contribution in [-0.4, -0.2) is 60.5 Å². The number of aromatic nitrogens is 1. The molecule has 11 heteroatoms. The Hall–Kier alpha value is -3.00. The van der Waals surface area contributed by atoms with E-state index in [1.165, 1.54) is 43.4 Å². The van der Waals surface area contributed by atoms with Gasteiger partial charge in [-0.2, -0.15) is 0 Å². The first-order chi connectivity index (χ1) is 18.6. The molecule has 2 aliphatic rings. The Bertz CT molecular complexity index is 1700. The lowest BCUT2D eigenvalue weighted by Gasteiger charge is -2.34. The highest BCUT2D eigenvalue weighted by Crippen LogP contribution is 2.51. The maximum atomic E-state index is 13.2. The third kappa shape index (κ3) is 4.05. The summed E-state index contributed by atoms with van der Waals surface area (Å²) in [5.74, 6) is 0. The first kappa shape index (κ1) is 26.2. The number of nitro benzene ring substituents is 1. The van der Waals surface area contributed by atoms with Crippen molar-refractivity contribution in [3.05, 3.63) is 97.7 Å². The van der Waals surface area contributed by atoms with Crippen LogP contribution in [0.1, 0.15) is 17.5 Å². The van der Waals surface area contributed by atoms with Gasteiger partial charge < -0.3 is 9.88 Å². The van der Waals surface area contributed by atoms with Gasteiger partial charge in [-0.05, 0) is 72.3 Å². The zero-order chi connectivity index (χ0) is 27.5. The van der Waals surface area contributed by atoms with Crippen LogP contribution in [0.5, 0.6) is 0 Å². The number of non-ortho nitro benzene ring substituents is 1. The fourth-order valence-electron chi connectivity index (χ4n) is 6.14. The van der Waals surface area contributed by atoms with Crippen molar-refractivity contribution in [3.63, 3.8) is 0 Å². The van der Waals surface area contributed by atoms with Crippen LogP contribution < -0.4 is 5.32 Å². The molecule has 2 aliphatic heterocycles. The third-order valence-corrected chi connectivity index (χ3v) is 10.9. The second kappa shape index (κ2) is 9.58. The Morgan fingerprint density at radius 2 is 1.87 bits per heavy atom. The van der Waals surface area contributed by atoms with Gasteiger partial charge in [0.1, 0.15) is 11.7 Å². The monoisotopic (exact) mass is 657 g/mol. The number of nitrogens with one attached hydrogen (secondary N) is 1. The fourth-order valence-corrected chi connectivity index (χ4v) is 7.96. The highest BCUT2D eigenvalue weighted by molar-refractivity contribution is 14.1. The lowest BCUT2D eigenvalue weighted by atomic mass is 9.88. The maximum absolute atomic E-state index is 13.2. The lowest BCUT2D eigenvalue weighted by Crippen LogP contribution is -2.46. The molecule has 9 nitrogen and oxygen atoms in total. The summed E-state index contributed by atoms with van der Waals surface area (Å²) in [5.41, 5.74) is 4.26. The van der Waals surface area contributed by atoms with Gasteiger partial charge in [0, 0.05) is 58.5 Å². The molecule has 4 aromatic rings. The normalized spacial score (nSPS) is 20.8. The SMILES string of the molecule is CN1CC[C@@]2(n3cc(CCN(C)S(=O)(=O)c4ccc([N+](=O)[O-])cc4)c4ccccc43)c3cccc(I)c3N[C@@H]12. The highest BCUT2D eigenvalue weighted by atomic mass is 127. The average molecular weight is 658 g/mol. The summed E-state index contributed by atoms with van der Waals surface area (Å²) in [7, 11) is -0.0881. The number of likely N-dealkylation sites (N-methyl/N-ethyl adjacent to an activating group) is 2. The van der Waals surface area contributed by atoms with Crippen molar-refractivity contribution in [2.24, 2.45) is 0 Å². The number of nitrogens with zero attached hydrogens (tertiary/aromatic N) is 4. The summed E-state index contributed by atoms with van der Waals surface area (Å²) in [6, 6.07) is 19.8. The van der Waals surface area contributed by atoms with Crippen molar-refractivity contribution in [2.45, 2.75) is 29.4 Å². The summed E-state index contributed by atoms with van der Waals surface area (Å²) in [5, 5.41) is 15.9. The molecular weight excluding hydrogens is 629 g/mol. The predicted molar refractivity (Wildman–Crippen MR) is 159 cm³/mol. The van der Waals surface area contributed by atoms with Gasteiger partial charge in [0.25, 0.3) is 5.69 Å². The summed E-state index contributed by atoms with van der Waals surface area (Å²) in [4.78, 5) is 12.8. The van der Waals surface area contributed by atoms with Crippen LogP contribution in [0.4, 0.5) is 11.4 Å². The molecule has 1 aromatic heterocycles. The zero-order valence-electron chi connectivity index (χ0n) is 21.5. The van der Waals surface area contributed by atoms with Gasteiger partial charge in [-0.25, -0.2) is 12.7 Å². The van der Waals surface area contributed by atoms with Crippen molar-refractivity contribution in [2.75, 3.05) is 32.5 Å². The number of anilines is 1. The maximum Gasteiger partial charge on any atom is 0.269 e. The van der Waals surface area contributed by atoms with E-state index in [4.69, 9.17) is 0 Å². The summed E-state index contributed by atoms with van der Waals surface area (Å²) in [6.07, 6.45) is 3.80. The highest BCUT2D eigenvalue weighted by Gasteiger charge is 2.55. The predicted octanol–water partition coefficient (Wildman–Crippen LogP) is 4.85. The second-order valence-electron chi connectivity index (χ2n) is 10.2. The Morgan fingerprint density at radius 3 is 2.62 bits per heavy atom. The molecule has 3 aromatic carbocycles. The molecule has 202 valence electrons. The molecule has 3 heterocycles. The van der Waals surface area contributed by atoms with Crippen molar-refractivity contribution in [1.29, 1.82) is 0 Å². The molecular formula is C28H28IN5O4S. The van der Waals surface area contributed by atoms with E-state index in [9.17, 15) is 18.5 Å². The van der Waals surface area contributed by atoms with Gasteiger partial charge in [-0.1, -0.05) is 30.3 Å². The van der Waals surface area contributed by atoms with Crippen molar-refractivity contribution in [3.8, 4) is 0 Å². The number of sulfonamides is 1. The van der Waals surface area contributed by atoms with Gasteiger partial charge >= 0.3 is 0 Å². The molecule has 0 bridgehead atoms. The standard InChI is InChI=1S/C28H28IN5O4S/c1-31-17-15-28(23-7-5-8-24(29)26(23)30-27(28)31)33-18-19(22-6-3-4-9-25(22)33)14-16-32(2)39(37,38)21-12-10-20(11-13-21)34(35)36/h3-13,18,27,30H,14-17H2,1-2H3/t27-,28+/m0/s1. The number of hydrogen-bond donors (Lipinski definition) is 1. The topological polar surface area (TPSA) is 101 Å². The number of halogens is 1. The minimum Gasteiger partial charge on any atom is -0.366 e. The zero-order valence-corrected chi connectivity index (χ0v) is 24.5. The summed E-state index contributed by atoms with van der Waals surface area (Å²) in [6.45, 7) is 1.23. The molecule has 0 amide bonds. The molecule has 0 spiro atoms. The van der Waals surface area contributed by atoms with Gasteiger partial charge in [-0.3, -0.25) is 15.0 Å². The van der Waals surface area contributed by atoms with Crippen LogP contribution in [0.3, 0.4) is 0 Å². The number of nitro groups is 1. The molecule has 0 saturated carbocycles. The first-order valence-corrected chi connectivity index (χ1v) is 15.2. The van der Waals surface area contributed by atoms with E-state index >= 15 is 0 Å². The van der Waals surface area contributed by atoms with Crippen LogP contribution >= 0.6 is 22.6 Å². The van der Waals surface area contributed by atoms with Crippen LogP contribution in [0.25, 0.3) is 10.9 Å². The van der Waals surface area contributed by atoms with E-state index in [1.807, 2.05) is 6.07 Å². The van der Waals surface area contributed by atoms with E-state index in [0.717, 1.165) is 29.4 Å². The average Bonchev–Trinajstić information content (AvgIpc) is 3.58. The third-order valence-electron chi connectivity index (χ3n) is 8.18. The first-order valence-electron chi connectivity index (χ1n) is 12.7. The van der Waals surface area contributed by atoms with Crippen molar-refractivity contribution >= 4 is 54.9 Å². The van der Waals surface area contributed by atoms with Crippen molar-refractivity contribution in [1.82, 2.24) is 13.8 Å². The van der Waals surface area contributed by atoms with E-state index in [2.05, 4.69) is 87.0 Å². The quantitative estimate of drug-likeness (QED) is 0.173. The van der Waals surface area contributed by atoms with Crippen LogP contribution in [0.15, 0.2) is 77.8 Å². The van der Waals surface area contributed by atoms with E-state index in [0.29, 0.717) is 6.42 Å². The Balaban J connectivity index is 1.35. The smallest absolute Gasteiger partial charge is 0.269 e. The Kier molecular flexibility index (Phi) is 6.44. The van der Waals surface area contributed by atoms with E-state index < -0.39 is 14.9 Å². The molecule has 1 saturated heterocycles. The van der Waals surface area contributed by atoms with Gasteiger partial charge in [0.2, 0.25) is 10.0 Å². The molecule has 0 unspecified atom stereocenters.